The zero-order chi connectivity index (χ0) is 21.3. The summed E-state index contributed by atoms with van der Waals surface area (Å²) in [5.41, 5.74) is 1.29. The number of hydrogen-bond donors (Lipinski definition) is 0. The number of carbonyl (C=O) groups is 1. The Bertz CT molecular complexity index is 1150. The lowest BCUT2D eigenvalue weighted by atomic mass is 10.00. The van der Waals surface area contributed by atoms with Crippen LogP contribution in [0.1, 0.15) is 15.9 Å². The number of rotatable bonds is 4. The minimum atomic E-state index is -0.793. The van der Waals surface area contributed by atoms with E-state index in [4.69, 9.17) is 4.74 Å². The Morgan fingerprint density at radius 3 is 2.87 bits per heavy atom. The third-order valence-electron chi connectivity index (χ3n) is 5.13. The highest BCUT2D eigenvalue weighted by atomic mass is 19.1. The highest BCUT2D eigenvalue weighted by molar-refractivity contribution is 6.01. The molecule has 1 aromatic carbocycles. The van der Waals surface area contributed by atoms with Gasteiger partial charge in [-0.3, -0.25) is 14.2 Å². The molecule has 3 heterocycles. The minimum absolute atomic E-state index is 0.197. The number of ether oxygens (including phenoxy) is 1. The van der Waals surface area contributed by atoms with Crippen molar-refractivity contribution in [3.8, 4) is 11.4 Å². The Morgan fingerprint density at radius 1 is 1.27 bits per heavy atom. The van der Waals surface area contributed by atoms with E-state index in [1.165, 1.54) is 29.1 Å². The molecule has 1 fully saturated rings. The van der Waals surface area contributed by atoms with Crippen LogP contribution < -0.4 is 10.5 Å². The maximum Gasteiger partial charge on any atom is 0.255 e. The van der Waals surface area contributed by atoms with Crippen LogP contribution in [0.2, 0.25) is 0 Å². The van der Waals surface area contributed by atoms with Crippen LogP contribution in [0.15, 0.2) is 47.7 Å². The first-order chi connectivity index (χ1) is 14.5. The second-order valence-corrected chi connectivity index (χ2v) is 7.02. The SMILES string of the molecule is Cc1c(F)cccc1C(=O)C1CN(c2nc(-c3ccncn3)cc(=O)n2C)CCO1. The van der Waals surface area contributed by atoms with Gasteiger partial charge in [-0.25, -0.2) is 19.3 Å². The quantitative estimate of drug-likeness (QED) is 0.607. The van der Waals surface area contributed by atoms with Crippen molar-refractivity contribution in [1.29, 1.82) is 0 Å². The number of nitrogens with zero attached hydrogens (tertiary/aromatic N) is 5. The van der Waals surface area contributed by atoms with E-state index >= 15 is 0 Å². The molecule has 1 unspecified atom stereocenters. The van der Waals surface area contributed by atoms with Gasteiger partial charge in [0.15, 0.2) is 5.78 Å². The van der Waals surface area contributed by atoms with Crippen LogP contribution in [0.5, 0.6) is 0 Å². The van der Waals surface area contributed by atoms with Crippen molar-refractivity contribution in [3.63, 3.8) is 0 Å². The van der Waals surface area contributed by atoms with Crippen molar-refractivity contribution in [2.45, 2.75) is 13.0 Å². The van der Waals surface area contributed by atoms with E-state index in [-0.39, 0.29) is 24.5 Å². The van der Waals surface area contributed by atoms with E-state index in [0.717, 1.165) is 0 Å². The topological polar surface area (TPSA) is 90.2 Å². The summed E-state index contributed by atoms with van der Waals surface area (Å²) in [6.07, 6.45) is 2.17. The van der Waals surface area contributed by atoms with E-state index in [1.54, 1.807) is 32.3 Å². The average molecular weight is 409 g/mol. The molecule has 154 valence electrons. The van der Waals surface area contributed by atoms with E-state index in [1.807, 2.05) is 4.90 Å². The van der Waals surface area contributed by atoms with Gasteiger partial charge < -0.3 is 9.64 Å². The van der Waals surface area contributed by atoms with E-state index < -0.39 is 11.9 Å². The smallest absolute Gasteiger partial charge is 0.255 e. The van der Waals surface area contributed by atoms with E-state index in [9.17, 15) is 14.0 Å². The monoisotopic (exact) mass is 409 g/mol. The first kappa shape index (κ1) is 19.8. The normalized spacial score (nSPS) is 16.5. The third-order valence-corrected chi connectivity index (χ3v) is 5.13. The fourth-order valence-corrected chi connectivity index (χ4v) is 3.42. The molecule has 0 spiro atoms. The van der Waals surface area contributed by atoms with Gasteiger partial charge in [0.25, 0.3) is 5.56 Å². The molecular formula is C21H20FN5O3. The van der Waals surface area contributed by atoms with Gasteiger partial charge in [-0.15, -0.1) is 0 Å². The summed E-state index contributed by atoms with van der Waals surface area (Å²) in [4.78, 5) is 39.9. The molecule has 0 N–H and O–H groups in total. The average Bonchev–Trinajstić information content (AvgIpc) is 2.77. The second kappa shape index (κ2) is 8.11. The Morgan fingerprint density at radius 2 is 2.10 bits per heavy atom. The van der Waals surface area contributed by atoms with Crippen molar-refractivity contribution in [1.82, 2.24) is 19.5 Å². The maximum atomic E-state index is 13.9. The number of Topliss-reactive ketones (excluding diaryl/α,β-unsaturated/α-hetero) is 1. The van der Waals surface area contributed by atoms with Gasteiger partial charge in [0.05, 0.1) is 24.5 Å². The van der Waals surface area contributed by atoms with Gasteiger partial charge in [-0.2, -0.15) is 0 Å². The van der Waals surface area contributed by atoms with E-state index in [2.05, 4.69) is 15.0 Å². The molecule has 1 atom stereocenters. The second-order valence-electron chi connectivity index (χ2n) is 7.02. The largest absolute Gasteiger partial charge is 0.366 e. The van der Waals surface area contributed by atoms with Crippen LogP contribution in [0.4, 0.5) is 10.3 Å². The minimum Gasteiger partial charge on any atom is -0.366 e. The van der Waals surface area contributed by atoms with Gasteiger partial charge in [0.1, 0.15) is 18.2 Å². The summed E-state index contributed by atoms with van der Waals surface area (Å²) >= 11 is 0. The molecular weight excluding hydrogens is 389 g/mol. The molecule has 9 heteroatoms. The Kier molecular flexibility index (Phi) is 5.37. The van der Waals surface area contributed by atoms with Gasteiger partial charge in [0, 0.05) is 31.4 Å². The lowest BCUT2D eigenvalue weighted by Gasteiger charge is -2.33. The summed E-state index contributed by atoms with van der Waals surface area (Å²) in [5.74, 6) is -0.322. The molecule has 8 nitrogen and oxygen atoms in total. The molecule has 1 aliphatic rings. The Labute approximate surface area is 172 Å². The van der Waals surface area contributed by atoms with Crippen LogP contribution in [0, 0.1) is 12.7 Å². The van der Waals surface area contributed by atoms with Gasteiger partial charge in [0.2, 0.25) is 5.95 Å². The highest BCUT2D eigenvalue weighted by Crippen LogP contribution is 2.21. The Balaban J connectivity index is 1.65. The van der Waals surface area contributed by atoms with Crippen LogP contribution in [-0.2, 0) is 11.8 Å². The number of ketones is 1. The highest BCUT2D eigenvalue weighted by Gasteiger charge is 2.30. The standard InChI is InChI=1S/C21H20FN5O3/c1-13-14(4-3-5-15(13)22)20(29)18-11-27(8-9-30-18)21-25-17(10-19(28)26(21)2)16-6-7-23-12-24-16/h3-7,10,12,18H,8-9,11H2,1-2H3. The van der Waals surface area contributed by atoms with Gasteiger partial charge in [-0.05, 0) is 24.6 Å². The third kappa shape index (κ3) is 3.71. The number of hydrogen-bond acceptors (Lipinski definition) is 7. The molecule has 4 rings (SSSR count). The summed E-state index contributed by atoms with van der Waals surface area (Å²) in [7, 11) is 1.62. The number of benzene rings is 1. The predicted molar refractivity (Wildman–Crippen MR) is 108 cm³/mol. The molecule has 0 bridgehead atoms. The fourth-order valence-electron chi connectivity index (χ4n) is 3.42. The van der Waals surface area contributed by atoms with Crippen molar-refractivity contribution < 1.29 is 13.9 Å². The van der Waals surface area contributed by atoms with Crippen molar-refractivity contribution in [3.05, 3.63) is 70.2 Å². The molecule has 3 aromatic rings. The van der Waals surface area contributed by atoms with Crippen molar-refractivity contribution >= 4 is 11.7 Å². The number of aromatic nitrogens is 4. The fraction of sp³-hybridized carbons (Fsp3) is 0.286. The molecule has 0 amide bonds. The predicted octanol–water partition coefficient (Wildman–Crippen LogP) is 1.77. The molecule has 0 saturated carbocycles. The summed E-state index contributed by atoms with van der Waals surface area (Å²) < 4.78 is 21.0. The first-order valence-electron chi connectivity index (χ1n) is 9.46. The van der Waals surface area contributed by atoms with Crippen LogP contribution >= 0.6 is 0 Å². The maximum absolute atomic E-state index is 13.9. The number of carbonyl (C=O) groups excluding carboxylic acids is 1. The number of halogens is 1. The molecule has 30 heavy (non-hydrogen) atoms. The van der Waals surface area contributed by atoms with Gasteiger partial charge in [-0.1, -0.05) is 12.1 Å². The first-order valence-corrected chi connectivity index (χ1v) is 9.46. The molecule has 1 saturated heterocycles. The van der Waals surface area contributed by atoms with Crippen LogP contribution in [0.25, 0.3) is 11.4 Å². The molecule has 0 radical (unpaired) electrons. The zero-order valence-corrected chi connectivity index (χ0v) is 16.6. The summed E-state index contributed by atoms with van der Waals surface area (Å²) in [5, 5.41) is 0. The summed E-state index contributed by atoms with van der Waals surface area (Å²) in [6.45, 7) is 2.50. The molecule has 0 aliphatic carbocycles. The molecule has 1 aliphatic heterocycles. The van der Waals surface area contributed by atoms with Crippen molar-refractivity contribution in [2.24, 2.45) is 7.05 Å². The van der Waals surface area contributed by atoms with Crippen molar-refractivity contribution in [2.75, 3.05) is 24.6 Å². The Hall–Kier alpha value is -3.46. The number of anilines is 1. The zero-order valence-electron chi connectivity index (χ0n) is 16.6. The lowest BCUT2D eigenvalue weighted by molar-refractivity contribution is 0.0336. The van der Waals surface area contributed by atoms with Crippen LogP contribution in [-0.4, -0.2) is 51.1 Å². The number of morpholine rings is 1. The van der Waals surface area contributed by atoms with Gasteiger partial charge >= 0.3 is 0 Å². The van der Waals surface area contributed by atoms with Crippen LogP contribution in [0.3, 0.4) is 0 Å². The molecule has 2 aromatic heterocycles. The van der Waals surface area contributed by atoms with E-state index in [0.29, 0.717) is 35.0 Å². The lowest BCUT2D eigenvalue weighted by Crippen LogP contribution is -2.48. The summed E-state index contributed by atoms with van der Waals surface area (Å²) in [6, 6.07) is 7.49.